The van der Waals surface area contributed by atoms with Crippen molar-refractivity contribution in [3.63, 3.8) is 0 Å². The van der Waals surface area contributed by atoms with Crippen LogP contribution in [0.5, 0.6) is 0 Å². The van der Waals surface area contributed by atoms with Gasteiger partial charge in [0, 0.05) is 9.37 Å². The molecule has 0 radical (unpaired) electrons. The SMILES string of the molecule is O=Cc1ccc(Sc2cccc(Br)c2)o1. The maximum absolute atomic E-state index is 10.4. The number of benzene rings is 1. The predicted molar refractivity (Wildman–Crippen MR) is 62.4 cm³/mol. The van der Waals surface area contributed by atoms with Gasteiger partial charge in [-0.2, -0.15) is 0 Å². The zero-order valence-corrected chi connectivity index (χ0v) is 10.0. The molecule has 4 heteroatoms. The molecule has 0 bridgehead atoms. The van der Waals surface area contributed by atoms with Crippen LogP contribution in [0, 0.1) is 0 Å². The molecule has 0 atom stereocenters. The van der Waals surface area contributed by atoms with Crippen molar-refractivity contribution in [3.05, 3.63) is 46.6 Å². The zero-order chi connectivity index (χ0) is 10.7. The molecule has 0 amide bonds. The molecule has 0 aliphatic heterocycles. The molecule has 0 fully saturated rings. The molecule has 0 N–H and O–H groups in total. The second-order valence-corrected chi connectivity index (χ2v) is 4.83. The molecule has 0 unspecified atom stereocenters. The fourth-order valence-electron chi connectivity index (χ4n) is 1.10. The van der Waals surface area contributed by atoms with Crippen molar-refractivity contribution < 1.29 is 9.21 Å². The summed E-state index contributed by atoms with van der Waals surface area (Å²) in [6.45, 7) is 0. The molecule has 0 aliphatic carbocycles. The van der Waals surface area contributed by atoms with E-state index < -0.39 is 0 Å². The first kappa shape index (κ1) is 10.5. The van der Waals surface area contributed by atoms with Crippen LogP contribution in [0.1, 0.15) is 10.6 Å². The Morgan fingerprint density at radius 3 is 2.80 bits per heavy atom. The van der Waals surface area contributed by atoms with Crippen molar-refractivity contribution in [1.82, 2.24) is 0 Å². The fourth-order valence-corrected chi connectivity index (χ4v) is 2.49. The minimum atomic E-state index is 0.354. The Morgan fingerprint density at radius 2 is 2.13 bits per heavy atom. The summed E-state index contributed by atoms with van der Waals surface area (Å²) in [4.78, 5) is 11.5. The molecule has 0 saturated carbocycles. The standard InChI is InChI=1S/C11H7BrO2S/c12-8-2-1-3-10(6-8)15-11-5-4-9(7-13)14-11/h1-7H. The van der Waals surface area contributed by atoms with E-state index in [0.717, 1.165) is 14.5 Å². The van der Waals surface area contributed by atoms with Crippen LogP contribution in [0.25, 0.3) is 0 Å². The van der Waals surface area contributed by atoms with Gasteiger partial charge in [0.15, 0.2) is 17.1 Å². The summed E-state index contributed by atoms with van der Waals surface area (Å²) in [6.07, 6.45) is 0.699. The third-order valence-electron chi connectivity index (χ3n) is 1.73. The van der Waals surface area contributed by atoms with Crippen LogP contribution in [0.4, 0.5) is 0 Å². The van der Waals surface area contributed by atoms with E-state index in [1.807, 2.05) is 24.3 Å². The van der Waals surface area contributed by atoms with Crippen LogP contribution in [0.15, 0.2) is 55.3 Å². The van der Waals surface area contributed by atoms with E-state index in [9.17, 15) is 4.79 Å². The Kier molecular flexibility index (Phi) is 3.28. The molecule has 1 aromatic heterocycles. The Balaban J connectivity index is 2.18. The lowest BCUT2D eigenvalue weighted by Crippen LogP contribution is -1.71. The van der Waals surface area contributed by atoms with Crippen LogP contribution in [0.2, 0.25) is 0 Å². The van der Waals surface area contributed by atoms with Gasteiger partial charge in [-0.3, -0.25) is 4.79 Å². The Morgan fingerprint density at radius 1 is 1.27 bits per heavy atom. The molecule has 2 rings (SSSR count). The number of rotatable bonds is 3. The van der Waals surface area contributed by atoms with E-state index in [4.69, 9.17) is 4.42 Å². The molecular weight excluding hydrogens is 276 g/mol. The summed E-state index contributed by atoms with van der Waals surface area (Å²) in [6, 6.07) is 11.3. The summed E-state index contributed by atoms with van der Waals surface area (Å²) in [5, 5.41) is 0.718. The smallest absolute Gasteiger partial charge is 0.185 e. The van der Waals surface area contributed by atoms with Gasteiger partial charge in [0.2, 0.25) is 0 Å². The lowest BCUT2D eigenvalue weighted by Gasteiger charge is -1.97. The number of aldehydes is 1. The van der Waals surface area contributed by atoms with Gasteiger partial charge < -0.3 is 4.42 Å². The van der Waals surface area contributed by atoms with Gasteiger partial charge in [-0.25, -0.2) is 0 Å². The zero-order valence-electron chi connectivity index (χ0n) is 7.64. The van der Waals surface area contributed by atoms with Crippen molar-refractivity contribution >= 4 is 34.0 Å². The third kappa shape index (κ3) is 2.73. The topological polar surface area (TPSA) is 30.2 Å². The van der Waals surface area contributed by atoms with Gasteiger partial charge in [-0.15, -0.1) is 0 Å². The highest BCUT2D eigenvalue weighted by molar-refractivity contribution is 9.10. The molecule has 2 nitrogen and oxygen atoms in total. The number of carbonyl (C=O) groups is 1. The van der Waals surface area contributed by atoms with E-state index in [1.54, 1.807) is 12.1 Å². The van der Waals surface area contributed by atoms with Crippen LogP contribution < -0.4 is 0 Å². The minimum Gasteiger partial charge on any atom is -0.447 e. The van der Waals surface area contributed by atoms with E-state index in [-0.39, 0.29) is 0 Å². The molecule has 0 aliphatic rings. The normalized spacial score (nSPS) is 10.2. The number of halogens is 1. The van der Waals surface area contributed by atoms with Gasteiger partial charge in [-0.1, -0.05) is 33.8 Å². The van der Waals surface area contributed by atoms with Gasteiger partial charge in [0.1, 0.15) is 0 Å². The van der Waals surface area contributed by atoms with Crippen molar-refractivity contribution in [2.24, 2.45) is 0 Å². The second kappa shape index (κ2) is 4.68. The average Bonchev–Trinajstić information content (AvgIpc) is 2.65. The Hall–Kier alpha value is -1.00. The van der Waals surface area contributed by atoms with E-state index >= 15 is 0 Å². The average molecular weight is 283 g/mol. The van der Waals surface area contributed by atoms with Crippen LogP contribution in [-0.4, -0.2) is 6.29 Å². The molecule has 76 valence electrons. The van der Waals surface area contributed by atoms with E-state index in [1.165, 1.54) is 11.8 Å². The van der Waals surface area contributed by atoms with Crippen LogP contribution in [0.3, 0.4) is 0 Å². The molecule has 0 spiro atoms. The summed E-state index contributed by atoms with van der Waals surface area (Å²) in [5.74, 6) is 0.354. The van der Waals surface area contributed by atoms with E-state index in [0.29, 0.717) is 12.0 Å². The highest BCUT2D eigenvalue weighted by Crippen LogP contribution is 2.30. The molecule has 0 saturated heterocycles. The number of furan rings is 1. The summed E-state index contributed by atoms with van der Waals surface area (Å²) >= 11 is 4.88. The lowest BCUT2D eigenvalue weighted by molar-refractivity contribution is 0.109. The maximum Gasteiger partial charge on any atom is 0.185 e. The quantitative estimate of drug-likeness (QED) is 0.797. The molecule has 15 heavy (non-hydrogen) atoms. The first-order valence-corrected chi connectivity index (χ1v) is 5.87. The number of hydrogen-bond acceptors (Lipinski definition) is 3. The van der Waals surface area contributed by atoms with Crippen molar-refractivity contribution in [3.8, 4) is 0 Å². The van der Waals surface area contributed by atoms with Crippen molar-refractivity contribution in [2.75, 3.05) is 0 Å². The van der Waals surface area contributed by atoms with Crippen molar-refractivity contribution in [2.45, 2.75) is 9.99 Å². The Labute approximate surface area is 99.8 Å². The van der Waals surface area contributed by atoms with Gasteiger partial charge in [0.25, 0.3) is 0 Å². The molecule has 1 heterocycles. The largest absolute Gasteiger partial charge is 0.447 e. The molecular formula is C11H7BrO2S. The Bertz CT molecular complexity index is 479. The maximum atomic E-state index is 10.4. The summed E-state index contributed by atoms with van der Waals surface area (Å²) < 4.78 is 6.28. The van der Waals surface area contributed by atoms with Crippen LogP contribution >= 0.6 is 27.7 Å². The predicted octanol–water partition coefficient (Wildman–Crippen LogP) is 4.01. The number of hydrogen-bond donors (Lipinski definition) is 0. The molecule has 1 aromatic carbocycles. The number of carbonyl (C=O) groups excluding carboxylic acids is 1. The fraction of sp³-hybridized carbons (Fsp3) is 0. The first-order valence-electron chi connectivity index (χ1n) is 4.26. The second-order valence-electron chi connectivity index (χ2n) is 2.83. The third-order valence-corrected chi connectivity index (χ3v) is 3.14. The highest BCUT2D eigenvalue weighted by Gasteiger charge is 2.03. The summed E-state index contributed by atoms with van der Waals surface area (Å²) in [5.41, 5.74) is 0. The van der Waals surface area contributed by atoms with Gasteiger partial charge >= 0.3 is 0 Å². The monoisotopic (exact) mass is 282 g/mol. The summed E-state index contributed by atoms with van der Waals surface area (Å²) in [7, 11) is 0. The highest BCUT2D eigenvalue weighted by atomic mass is 79.9. The van der Waals surface area contributed by atoms with Crippen molar-refractivity contribution in [1.29, 1.82) is 0 Å². The van der Waals surface area contributed by atoms with Crippen LogP contribution in [-0.2, 0) is 0 Å². The van der Waals surface area contributed by atoms with Gasteiger partial charge in [-0.05, 0) is 30.3 Å². The lowest BCUT2D eigenvalue weighted by atomic mass is 10.4. The minimum absolute atomic E-state index is 0.354. The van der Waals surface area contributed by atoms with E-state index in [2.05, 4.69) is 15.9 Å². The first-order chi connectivity index (χ1) is 7.28. The molecule has 2 aromatic rings. The van der Waals surface area contributed by atoms with Gasteiger partial charge in [0.05, 0.1) is 0 Å².